The maximum atomic E-state index is 14.0. The molecule has 2 aliphatic heterocycles. The van der Waals surface area contributed by atoms with Gasteiger partial charge in [0.05, 0.1) is 18.2 Å². The zero-order valence-electron chi connectivity index (χ0n) is 27.2. The van der Waals surface area contributed by atoms with E-state index >= 15 is 0 Å². The summed E-state index contributed by atoms with van der Waals surface area (Å²) in [7, 11) is 3.09. The van der Waals surface area contributed by atoms with E-state index < -0.39 is 41.6 Å². The van der Waals surface area contributed by atoms with Crippen LogP contribution in [-0.4, -0.2) is 75.2 Å². The Morgan fingerprint density at radius 2 is 1.43 bits per heavy atom. The monoisotopic (exact) mass is 635 g/mol. The van der Waals surface area contributed by atoms with Crippen LogP contribution in [0.5, 0.6) is 0 Å². The smallest absolute Gasteiger partial charge is 0.340 e. The van der Waals surface area contributed by atoms with Crippen LogP contribution in [0.15, 0.2) is 109 Å². The lowest BCUT2D eigenvalue weighted by Gasteiger charge is -2.47. The SMILES string of the molecule is COCOC[C@H](OC(=O)[C@@H](OC)c1ccccc1)[C@@H]1[C@@H]2OC(C)(C)O[C@@H]2CN1C1(c2ccccc2)c2ccccc2-c2ccccc21. The summed E-state index contributed by atoms with van der Waals surface area (Å²) in [6.45, 7) is 4.51. The second kappa shape index (κ2) is 13.0. The number of benzene rings is 4. The highest BCUT2D eigenvalue weighted by Crippen LogP contribution is 2.57. The van der Waals surface area contributed by atoms with Gasteiger partial charge in [-0.2, -0.15) is 0 Å². The molecule has 47 heavy (non-hydrogen) atoms. The Morgan fingerprint density at radius 3 is 2.04 bits per heavy atom. The highest BCUT2D eigenvalue weighted by molar-refractivity contribution is 5.83. The fourth-order valence-corrected chi connectivity index (χ4v) is 7.89. The Labute approximate surface area is 276 Å². The van der Waals surface area contributed by atoms with Crippen LogP contribution in [0.3, 0.4) is 0 Å². The summed E-state index contributed by atoms with van der Waals surface area (Å²) < 4.78 is 36.7. The number of fused-ring (bicyclic) bond motifs is 4. The first-order chi connectivity index (χ1) is 22.9. The Morgan fingerprint density at radius 1 is 0.830 bits per heavy atom. The van der Waals surface area contributed by atoms with E-state index in [1.165, 1.54) is 7.11 Å². The number of nitrogens with zero attached hydrogens (tertiary/aromatic N) is 1. The van der Waals surface area contributed by atoms with Gasteiger partial charge in [-0.3, -0.25) is 4.90 Å². The number of ether oxygens (including phenoxy) is 6. The molecule has 0 N–H and O–H groups in total. The molecule has 3 aliphatic rings. The quantitative estimate of drug-likeness (QED) is 0.112. The van der Waals surface area contributed by atoms with E-state index in [2.05, 4.69) is 77.7 Å². The largest absolute Gasteiger partial charge is 0.456 e. The Kier molecular flexibility index (Phi) is 8.74. The average molecular weight is 636 g/mol. The number of hydrogen-bond donors (Lipinski definition) is 0. The van der Waals surface area contributed by atoms with E-state index in [0.717, 1.165) is 27.8 Å². The third-order valence-electron chi connectivity index (χ3n) is 9.52. The van der Waals surface area contributed by atoms with E-state index in [0.29, 0.717) is 12.1 Å². The van der Waals surface area contributed by atoms with Crippen molar-refractivity contribution in [1.29, 1.82) is 0 Å². The molecule has 0 spiro atoms. The average Bonchev–Trinajstić information content (AvgIpc) is 3.69. The third-order valence-corrected chi connectivity index (χ3v) is 9.52. The van der Waals surface area contributed by atoms with Crippen molar-refractivity contribution in [2.45, 2.75) is 55.6 Å². The van der Waals surface area contributed by atoms with E-state index in [1.54, 1.807) is 7.11 Å². The van der Waals surface area contributed by atoms with Gasteiger partial charge in [0.1, 0.15) is 25.1 Å². The predicted octanol–water partition coefficient (Wildman–Crippen LogP) is 6.08. The van der Waals surface area contributed by atoms with Gasteiger partial charge in [0.25, 0.3) is 0 Å². The first kappa shape index (κ1) is 31.7. The van der Waals surface area contributed by atoms with Gasteiger partial charge in [-0.05, 0) is 47.2 Å². The summed E-state index contributed by atoms with van der Waals surface area (Å²) in [4.78, 5) is 16.5. The van der Waals surface area contributed by atoms with Crippen LogP contribution in [0.4, 0.5) is 0 Å². The maximum absolute atomic E-state index is 14.0. The molecule has 8 nitrogen and oxygen atoms in total. The molecule has 5 atom stereocenters. The first-order valence-corrected chi connectivity index (χ1v) is 16.1. The molecule has 8 heteroatoms. The minimum Gasteiger partial charge on any atom is -0.456 e. The molecular weight excluding hydrogens is 594 g/mol. The second-order valence-corrected chi connectivity index (χ2v) is 12.7. The molecule has 2 saturated heterocycles. The van der Waals surface area contributed by atoms with E-state index in [9.17, 15) is 4.79 Å². The van der Waals surface area contributed by atoms with Crippen LogP contribution < -0.4 is 0 Å². The zero-order valence-corrected chi connectivity index (χ0v) is 27.2. The standard InChI is InChI=1S/C39H41NO7/c1-38(2)46-32-23-40(39(27-17-9-6-10-18-27)30-21-13-11-19-28(30)29-20-12-14-22-31(29)39)34(36(32)47-38)33(24-44-25-42-3)45-37(41)35(43-4)26-15-7-5-8-16-26/h5-22,32-36H,23-25H2,1-4H3/t32-,33+,34-,35+,36-/m1/s1. The van der Waals surface area contributed by atoms with Crippen molar-refractivity contribution in [3.63, 3.8) is 0 Å². The normalized spacial score (nSPS) is 23.4. The molecule has 7 rings (SSSR count). The van der Waals surface area contributed by atoms with Crippen molar-refractivity contribution >= 4 is 5.97 Å². The number of rotatable bonds is 11. The number of hydrogen-bond acceptors (Lipinski definition) is 8. The summed E-state index contributed by atoms with van der Waals surface area (Å²) in [5.41, 5.74) is 5.70. The van der Waals surface area contributed by atoms with Crippen molar-refractivity contribution in [3.05, 3.63) is 131 Å². The van der Waals surface area contributed by atoms with E-state index in [4.69, 9.17) is 28.4 Å². The molecular formula is C39H41NO7. The van der Waals surface area contributed by atoms with Crippen molar-refractivity contribution in [1.82, 2.24) is 4.90 Å². The highest BCUT2D eigenvalue weighted by Gasteiger charge is 2.63. The number of carbonyl (C=O) groups is 1. The highest BCUT2D eigenvalue weighted by atomic mass is 16.8. The number of carbonyl (C=O) groups excluding carboxylic acids is 1. The minimum atomic E-state index is -0.917. The Bertz CT molecular complexity index is 1650. The summed E-state index contributed by atoms with van der Waals surface area (Å²) in [5, 5.41) is 0. The van der Waals surface area contributed by atoms with Gasteiger partial charge < -0.3 is 28.4 Å². The van der Waals surface area contributed by atoms with Crippen molar-refractivity contribution in [2.75, 3.05) is 34.2 Å². The second-order valence-electron chi connectivity index (χ2n) is 12.7. The predicted molar refractivity (Wildman–Crippen MR) is 176 cm³/mol. The number of esters is 1. The Balaban J connectivity index is 1.40. The number of methoxy groups -OCH3 is 2. The van der Waals surface area contributed by atoms with Gasteiger partial charge in [-0.1, -0.05) is 109 Å². The van der Waals surface area contributed by atoms with Crippen LogP contribution in [0, 0.1) is 0 Å². The summed E-state index contributed by atoms with van der Waals surface area (Å²) >= 11 is 0. The fraction of sp³-hybridized carbons (Fsp3) is 0.359. The van der Waals surface area contributed by atoms with Crippen molar-refractivity contribution < 1.29 is 33.2 Å². The van der Waals surface area contributed by atoms with E-state index in [1.807, 2.05) is 50.2 Å². The molecule has 2 heterocycles. The maximum Gasteiger partial charge on any atom is 0.340 e. The molecule has 0 bridgehead atoms. The van der Waals surface area contributed by atoms with Gasteiger partial charge in [0, 0.05) is 20.8 Å². The molecule has 2 fully saturated rings. The lowest BCUT2D eigenvalue weighted by Crippen LogP contribution is -2.58. The van der Waals surface area contributed by atoms with Crippen LogP contribution >= 0.6 is 0 Å². The van der Waals surface area contributed by atoms with E-state index in [-0.39, 0.29) is 19.5 Å². The lowest BCUT2D eigenvalue weighted by atomic mass is 9.78. The summed E-state index contributed by atoms with van der Waals surface area (Å²) in [5.74, 6) is -1.32. The van der Waals surface area contributed by atoms with Gasteiger partial charge in [0.15, 0.2) is 11.9 Å². The Hall–Kier alpha value is -3.89. The molecule has 4 aromatic rings. The lowest BCUT2D eigenvalue weighted by molar-refractivity contribution is -0.190. The minimum absolute atomic E-state index is 0.0413. The van der Waals surface area contributed by atoms with Crippen LogP contribution in [-0.2, 0) is 38.8 Å². The van der Waals surface area contributed by atoms with Crippen molar-refractivity contribution in [2.24, 2.45) is 0 Å². The molecule has 244 valence electrons. The molecule has 0 amide bonds. The number of likely N-dealkylation sites (tertiary alicyclic amines) is 1. The van der Waals surface area contributed by atoms with Gasteiger partial charge >= 0.3 is 5.97 Å². The van der Waals surface area contributed by atoms with Gasteiger partial charge in [0.2, 0.25) is 0 Å². The van der Waals surface area contributed by atoms with Gasteiger partial charge in [-0.15, -0.1) is 0 Å². The third kappa shape index (κ3) is 5.49. The molecule has 0 unspecified atom stereocenters. The summed E-state index contributed by atoms with van der Waals surface area (Å²) in [6.07, 6.45) is -2.40. The molecule has 0 aromatic heterocycles. The molecule has 0 radical (unpaired) electrons. The van der Waals surface area contributed by atoms with Crippen LogP contribution in [0.25, 0.3) is 11.1 Å². The zero-order chi connectivity index (χ0) is 32.6. The summed E-state index contributed by atoms with van der Waals surface area (Å²) in [6, 6.07) is 36.6. The van der Waals surface area contributed by atoms with Crippen LogP contribution in [0.2, 0.25) is 0 Å². The molecule has 0 saturated carbocycles. The van der Waals surface area contributed by atoms with Crippen LogP contribution in [0.1, 0.15) is 42.2 Å². The van der Waals surface area contributed by atoms with Crippen molar-refractivity contribution in [3.8, 4) is 11.1 Å². The fourth-order valence-electron chi connectivity index (χ4n) is 7.89. The first-order valence-electron chi connectivity index (χ1n) is 16.1. The molecule has 4 aromatic carbocycles. The topological polar surface area (TPSA) is 75.7 Å². The molecule has 1 aliphatic carbocycles. The van der Waals surface area contributed by atoms with Gasteiger partial charge in [-0.25, -0.2) is 4.79 Å².